The van der Waals surface area contributed by atoms with E-state index in [0.29, 0.717) is 17.3 Å². The molecule has 0 unspecified atom stereocenters. The number of nitrogens with one attached hydrogen (secondary N) is 1. The number of hydrogen-bond acceptors (Lipinski definition) is 5. The Morgan fingerprint density at radius 3 is 2.89 bits per heavy atom. The second-order valence-corrected chi connectivity index (χ2v) is 7.14. The number of likely N-dealkylation sites (tertiary alicyclic amines) is 1. The van der Waals surface area contributed by atoms with Gasteiger partial charge in [0, 0.05) is 18.0 Å². The summed E-state index contributed by atoms with van der Waals surface area (Å²) in [4.78, 5) is 37.9. The highest BCUT2D eigenvalue weighted by atomic mass is 35.5. The summed E-state index contributed by atoms with van der Waals surface area (Å²) < 4.78 is 10.3. The molecule has 1 saturated heterocycles. The number of furan rings is 1. The van der Waals surface area contributed by atoms with Crippen molar-refractivity contribution < 1.29 is 23.5 Å². The van der Waals surface area contributed by atoms with Gasteiger partial charge in [-0.3, -0.25) is 14.4 Å². The van der Waals surface area contributed by atoms with E-state index in [9.17, 15) is 14.4 Å². The van der Waals surface area contributed by atoms with Crippen molar-refractivity contribution in [1.82, 2.24) is 10.2 Å². The van der Waals surface area contributed by atoms with Crippen LogP contribution in [0.15, 0.2) is 47.1 Å². The maximum Gasteiger partial charge on any atom is 0.311 e. The number of rotatable bonds is 7. The van der Waals surface area contributed by atoms with Gasteiger partial charge in [0.15, 0.2) is 6.61 Å². The molecule has 0 radical (unpaired) electrons. The fourth-order valence-corrected chi connectivity index (χ4v) is 3.27. The number of carbonyl (C=O) groups excluding carboxylic acids is 3. The molecule has 2 atom stereocenters. The summed E-state index contributed by atoms with van der Waals surface area (Å²) in [5.41, 5.74) is 0.849. The van der Waals surface area contributed by atoms with Gasteiger partial charge in [0.2, 0.25) is 5.91 Å². The van der Waals surface area contributed by atoms with E-state index in [4.69, 9.17) is 20.8 Å². The Kier molecular flexibility index (Phi) is 6.36. The van der Waals surface area contributed by atoms with E-state index < -0.39 is 24.4 Å². The molecule has 28 heavy (non-hydrogen) atoms. The highest BCUT2D eigenvalue weighted by molar-refractivity contribution is 6.30. The van der Waals surface area contributed by atoms with Gasteiger partial charge in [-0.25, -0.2) is 0 Å². The maximum atomic E-state index is 12.2. The second kappa shape index (κ2) is 8.93. The molecule has 3 rings (SSSR count). The molecule has 2 aromatic rings. The molecule has 2 amide bonds. The molecule has 1 aliphatic heterocycles. The first-order chi connectivity index (χ1) is 13.4. The van der Waals surface area contributed by atoms with Crippen molar-refractivity contribution in [3.63, 3.8) is 0 Å². The lowest BCUT2D eigenvalue weighted by atomic mass is 10.1. The van der Waals surface area contributed by atoms with Crippen molar-refractivity contribution >= 4 is 29.4 Å². The lowest BCUT2D eigenvalue weighted by molar-refractivity contribution is -0.152. The average Bonchev–Trinajstić information content (AvgIpc) is 3.30. The van der Waals surface area contributed by atoms with Gasteiger partial charge in [0.25, 0.3) is 5.91 Å². The van der Waals surface area contributed by atoms with Gasteiger partial charge in [-0.05, 0) is 36.8 Å². The fraction of sp³-hybridized carbons (Fsp3) is 0.350. The third-order valence-corrected chi connectivity index (χ3v) is 4.78. The number of carbonyl (C=O) groups is 3. The van der Waals surface area contributed by atoms with Crippen LogP contribution in [-0.2, 0) is 25.7 Å². The third kappa shape index (κ3) is 5.13. The standard InChI is InChI=1S/C20H21ClN2O5/c1-13(14-4-2-5-16(21)8-14)22-18(24)12-28-20(26)15-9-19(25)23(10-15)11-17-6-3-7-27-17/h2-8,13,15H,9-12H2,1H3,(H,22,24)/t13-,15-/m0/s1. The van der Waals surface area contributed by atoms with Crippen LogP contribution >= 0.6 is 11.6 Å². The Morgan fingerprint density at radius 1 is 1.36 bits per heavy atom. The minimum atomic E-state index is -0.583. The van der Waals surface area contributed by atoms with Gasteiger partial charge in [0.1, 0.15) is 5.76 Å². The molecule has 1 aliphatic rings. The molecular formula is C20H21ClN2O5. The zero-order valence-electron chi connectivity index (χ0n) is 15.4. The number of amides is 2. The Bertz CT molecular complexity index is 852. The molecule has 8 heteroatoms. The van der Waals surface area contributed by atoms with Gasteiger partial charge in [0.05, 0.1) is 24.8 Å². The highest BCUT2D eigenvalue weighted by Crippen LogP contribution is 2.22. The van der Waals surface area contributed by atoms with E-state index in [1.54, 1.807) is 35.2 Å². The number of nitrogens with zero attached hydrogens (tertiary/aromatic N) is 1. The van der Waals surface area contributed by atoms with E-state index in [2.05, 4.69) is 5.32 Å². The Labute approximate surface area is 167 Å². The number of hydrogen-bond donors (Lipinski definition) is 1. The van der Waals surface area contributed by atoms with E-state index >= 15 is 0 Å². The summed E-state index contributed by atoms with van der Waals surface area (Å²) in [5, 5.41) is 3.33. The minimum absolute atomic E-state index is 0.0695. The van der Waals surface area contributed by atoms with Crippen molar-refractivity contribution in [2.75, 3.05) is 13.2 Å². The number of halogens is 1. The zero-order valence-corrected chi connectivity index (χ0v) is 16.1. The van der Waals surface area contributed by atoms with Crippen LogP contribution in [0.2, 0.25) is 5.02 Å². The van der Waals surface area contributed by atoms with Crippen LogP contribution in [0.1, 0.15) is 30.7 Å². The molecule has 0 bridgehead atoms. The van der Waals surface area contributed by atoms with Crippen molar-refractivity contribution in [1.29, 1.82) is 0 Å². The average molecular weight is 405 g/mol. The fourth-order valence-electron chi connectivity index (χ4n) is 3.07. The van der Waals surface area contributed by atoms with Crippen molar-refractivity contribution in [3.05, 3.63) is 59.0 Å². The summed E-state index contributed by atoms with van der Waals surface area (Å²) in [6, 6.07) is 10.4. The molecular weight excluding hydrogens is 384 g/mol. The van der Waals surface area contributed by atoms with Crippen LogP contribution in [0.25, 0.3) is 0 Å². The summed E-state index contributed by atoms with van der Waals surface area (Å²) in [5.74, 6) is -1.05. The number of ether oxygens (including phenoxy) is 1. The van der Waals surface area contributed by atoms with E-state index in [1.165, 1.54) is 6.26 Å². The Hall–Kier alpha value is -2.80. The summed E-state index contributed by atoms with van der Waals surface area (Å²) in [6.07, 6.45) is 1.60. The topological polar surface area (TPSA) is 88.8 Å². The second-order valence-electron chi connectivity index (χ2n) is 6.71. The van der Waals surface area contributed by atoms with Crippen molar-refractivity contribution in [2.45, 2.75) is 25.9 Å². The number of esters is 1. The van der Waals surface area contributed by atoms with Crippen LogP contribution < -0.4 is 5.32 Å². The Morgan fingerprint density at radius 2 is 2.18 bits per heavy atom. The molecule has 1 N–H and O–H groups in total. The van der Waals surface area contributed by atoms with E-state index in [1.807, 2.05) is 13.0 Å². The lowest BCUT2D eigenvalue weighted by Crippen LogP contribution is -2.32. The van der Waals surface area contributed by atoms with E-state index in [0.717, 1.165) is 5.56 Å². The molecule has 1 aromatic carbocycles. The monoisotopic (exact) mass is 404 g/mol. The highest BCUT2D eigenvalue weighted by Gasteiger charge is 2.35. The van der Waals surface area contributed by atoms with Gasteiger partial charge in [-0.2, -0.15) is 0 Å². The van der Waals surface area contributed by atoms with E-state index in [-0.39, 0.29) is 24.9 Å². The lowest BCUT2D eigenvalue weighted by Gasteiger charge is -2.16. The third-order valence-electron chi connectivity index (χ3n) is 4.55. The van der Waals surface area contributed by atoms with Crippen LogP contribution in [0.3, 0.4) is 0 Å². The minimum Gasteiger partial charge on any atom is -0.467 e. The normalized spacial score (nSPS) is 17.4. The van der Waals surface area contributed by atoms with Gasteiger partial charge < -0.3 is 19.4 Å². The predicted molar refractivity (Wildman–Crippen MR) is 101 cm³/mol. The molecule has 0 aliphatic carbocycles. The van der Waals surface area contributed by atoms with Crippen LogP contribution in [-0.4, -0.2) is 35.8 Å². The molecule has 0 spiro atoms. The van der Waals surface area contributed by atoms with Crippen molar-refractivity contribution in [2.24, 2.45) is 5.92 Å². The van der Waals surface area contributed by atoms with Crippen LogP contribution in [0, 0.1) is 5.92 Å². The summed E-state index contributed by atoms with van der Waals surface area (Å²) in [6.45, 7) is 1.98. The quantitative estimate of drug-likeness (QED) is 0.717. The van der Waals surface area contributed by atoms with Gasteiger partial charge in [-0.1, -0.05) is 23.7 Å². The largest absolute Gasteiger partial charge is 0.467 e. The molecule has 0 saturated carbocycles. The maximum absolute atomic E-state index is 12.2. The molecule has 2 heterocycles. The van der Waals surface area contributed by atoms with Gasteiger partial charge >= 0.3 is 5.97 Å². The number of benzene rings is 1. The molecule has 1 fully saturated rings. The molecule has 148 valence electrons. The zero-order chi connectivity index (χ0) is 20.1. The first kappa shape index (κ1) is 19.9. The first-order valence-corrected chi connectivity index (χ1v) is 9.32. The SMILES string of the molecule is C[C@H](NC(=O)COC(=O)[C@H]1CC(=O)N(Cc2ccco2)C1)c1cccc(Cl)c1. The van der Waals surface area contributed by atoms with Crippen LogP contribution in [0.5, 0.6) is 0 Å². The molecule has 1 aromatic heterocycles. The predicted octanol–water partition coefficient (Wildman–Crippen LogP) is 2.70. The summed E-state index contributed by atoms with van der Waals surface area (Å²) >= 11 is 5.95. The first-order valence-electron chi connectivity index (χ1n) is 8.94. The summed E-state index contributed by atoms with van der Waals surface area (Å²) in [7, 11) is 0. The smallest absolute Gasteiger partial charge is 0.311 e. The van der Waals surface area contributed by atoms with Crippen molar-refractivity contribution in [3.8, 4) is 0 Å². The molecule has 7 nitrogen and oxygen atoms in total. The van der Waals surface area contributed by atoms with Crippen LogP contribution in [0.4, 0.5) is 0 Å². The Balaban J connectivity index is 1.44. The van der Waals surface area contributed by atoms with Gasteiger partial charge in [-0.15, -0.1) is 0 Å².